The molecular formula is C31H37BrN2O3. The van der Waals surface area contributed by atoms with Crippen molar-refractivity contribution in [1.82, 2.24) is 10.2 Å². The van der Waals surface area contributed by atoms with Crippen LogP contribution in [0, 0.1) is 0 Å². The van der Waals surface area contributed by atoms with Crippen LogP contribution < -0.4 is 10.1 Å². The Kier molecular flexibility index (Phi) is 9.93. The zero-order chi connectivity index (χ0) is 27.0. The van der Waals surface area contributed by atoms with Gasteiger partial charge in [0.25, 0.3) is 5.91 Å². The van der Waals surface area contributed by atoms with Gasteiger partial charge in [0.15, 0.2) is 6.61 Å². The number of amides is 2. The second kappa shape index (κ2) is 12.9. The van der Waals surface area contributed by atoms with Crippen molar-refractivity contribution < 1.29 is 14.3 Å². The van der Waals surface area contributed by atoms with E-state index < -0.39 is 11.6 Å². The van der Waals surface area contributed by atoms with Crippen LogP contribution in [0.25, 0.3) is 0 Å². The minimum Gasteiger partial charge on any atom is -0.483 e. The maximum atomic E-state index is 13.8. The molecule has 5 nitrogen and oxygen atoms in total. The molecule has 0 bridgehead atoms. The van der Waals surface area contributed by atoms with Crippen LogP contribution in [0.2, 0.25) is 0 Å². The number of carbonyl (C=O) groups is 2. The van der Waals surface area contributed by atoms with Crippen molar-refractivity contribution in [1.29, 1.82) is 0 Å². The molecule has 2 amide bonds. The fourth-order valence-corrected chi connectivity index (χ4v) is 4.37. The van der Waals surface area contributed by atoms with Gasteiger partial charge in [-0.25, -0.2) is 0 Å². The molecule has 0 unspecified atom stereocenters. The van der Waals surface area contributed by atoms with Crippen LogP contribution in [-0.2, 0) is 22.6 Å². The molecule has 3 aromatic rings. The number of rotatable bonds is 10. The molecule has 0 aliphatic carbocycles. The molecule has 1 N–H and O–H groups in total. The molecule has 0 aromatic heterocycles. The first-order valence-corrected chi connectivity index (χ1v) is 13.4. The number of nitrogens with zero attached hydrogens (tertiary/aromatic N) is 1. The summed E-state index contributed by atoms with van der Waals surface area (Å²) in [5.74, 6) is 0.512. The Balaban J connectivity index is 1.94. The van der Waals surface area contributed by atoms with Gasteiger partial charge < -0.3 is 15.0 Å². The van der Waals surface area contributed by atoms with Gasteiger partial charge in [-0.3, -0.25) is 9.59 Å². The predicted molar refractivity (Wildman–Crippen MR) is 153 cm³/mol. The first-order valence-electron chi connectivity index (χ1n) is 12.6. The van der Waals surface area contributed by atoms with Gasteiger partial charge in [0.1, 0.15) is 11.8 Å². The lowest BCUT2D eigenvalue weighted by molar-refractivity contribution is -0.143. The van der Waals surface area contributed by atoms with Crippen LogP contribution in [0.3, 0.4) is 0 Å². The average Bonchev–Trinajstić information content (AvgIpc) is 2.85. The highest BCUT2D eigenvalue weighted by Crippen LogP contribution is 2.26. The zero-order valence-electron chi connectivity index (χ0n) is 22.3. The molecule has 6 heteroatoms. The minimum atomic E-state index is -0.707. The smallest absolute Gasteiger partial charge is 0.261 e. The molecule has 0 spiro atoms. The third-order valence-corrected chi connectivity index (χ3v) is 6.46. The highest BCUT2D eigenvalue weighted by Gasteiger charge is 2.32. The summed E-state index contributed by atoms with van der Waals surface area (Å²) in [7, 11) is 0. The van der Waals surface area contributed by atoms with E-state index >= 15 is 0 Å². The van der Waals surface area contributed by atoms with Gasteiger partial charge in [-0.05, 0) is 61.6 Å². The Hall–Kier alpha value is -3.12. The van der Waals surface area contributed by atoms with Crippen molar-refractivity contribution in [2.24, 2.45) is 0 Å². The Morgan fingerprint density at radius 1 is 0.892 bits per heavy atom. The van der Waals surface area contributed by atoms with E-state index in [1.807, 2.05) is 99.6 Å². The number of benzene rings is 3. The van der Waals surface area contributed by atoms with E-state index in [0.29, 0.717) is 12.2 Å². The summed E-state index contributed by atoms with van der Waals surface area (Å²) in [5, 5.41) is 3.09. The quantitative estimate of drug-likeness (QED) is 0.305. The Bertz CT molecular complexity index is 1170. The van der Waals surface area contributed by atoms with E-state index in [2.05, 4.69) is 35.1 Å². The number of ether oxygens (including phenoxy) is 1. The van der Waals surface area contributed by atoms with E-state index in [4.69, 9.17) is 4.74 Å². The molecule has 1 atom stereocenters. The van der Waals surface area contributed by atoms with Crippen molar-refractivity contribution in [3.8, 4) is 5.75 Å². The van der Waals surface area contributed by atoms with Crippen LogP contribution in [0.15, 0.2) is 83.3 Å². The molecule has 37 heavy (non-hydrogen) atoms. The van der Waals surface area contributed by atoms with Crippen molar-refractivity contribution in [2.75, 3.05) is 6.61 Å². The first-order chi connectivity index (χ1) is 17.5. The fraction of sp³-hybridized carbons (Fsp3) is 0.355. The summed E-state index contributed by atoms with van der Waals surface area (Å²) in [4.78, 5) is 29.0. The predicted octanol–water partition coefficient (Wildman–Crippen LogP) is 6.51. The number of para-hydroxylation sites is 1. The van der Waals surface area contributed by atoms with E-state index in [9.17, 15) is 9.59 Å². The van der Waals surface area contributed by atoms with Gasteiger partial charge in [0.05, 0.1) is 0 Å². The number of halogens is 1. The Morgan fingerprint density at radius 3 is 2.14 bits per heavy atom. The number of hydrogen-bond donors (Lipinski definition) is 1. The molecular weight excluding hydrogens is 528 g/mol. The van der Waals surface area contributed by atoms with Crippen molar-refractivity contribution in [2.45, 2.75) is 65.1 Å². The summed E-state index contributed by atoms with van der Waals surface area (Å²) >= 11 is 3.47. The lowest BCUT2D eigenvalue weighted by Crippen LogP contribution is -2.55. The zero-order valence-corrected chi connectivity index (χ0v) is 23.9. The third-order valence-electron chi connectivity index (χ3n) is 5.93. The monoisotopic (exact) mass is 564 g/mol. The second-order valence-electron chi connectivity index (χ2n) is 10.6. The molecule has 0 radical (unpaired) electrons. The van der Waals surface area contributed by atoms with Crippen molar-refractivity contribution in [3.63, 3.8) is 0 Å². The van der Waals surface area contributed by atoms with Gasteiger partial charge >= 0.3 is 0 Å². The van der Waals surface area contributed by atoms with E-state index in [0.717, 1.165) is 21.2 Å². The Morgan fingerprint density at radius 2 is 1.51 bits per heavy atom. The summed E-state index contributed by atoms with van der Waals surface area (Å²) in [6, 6.07) is 24.7. The fourth-order valence-electron chi connectivity index (χ4n) is 4.10. The van der Waals surface area contributed by atoms with Gasteiger partial charge in [0.2, 0.25) is 5.91 Å². The van der Waals surface area contributed by atoms with E-state index in [1.54, 1.807) is 4.90 Å². The van der Waals surface area contributed by atoms with Crippen molar-refractivity contribution >= 4 is 27.7 Å². The van der Waals surface area contributed by atoms with E-state index in [-0.39, 0.29) is 30.9 Å². The highest BCUT2D eigenvalue weighted by molar-refractivity contribution is 9.10. The van der Waals surface area contributed by atoms with Gasteiger partial charge in [-0.1, -0.05) is 90.4 Å². The first kappa shape index (κ1) is 28.5. The molecule has 3 rings (SSSR count). The van der Waals surface area contributed by atoms with Crippen LogP contribution in [0.1, 0.15) is 57.2 Å². The topological polar surface area (TPSA) is 58.6 Å². The van der Waals surface area contributed by atoms with Crippen LogP contribution >= 0.6 is 15.9 Å². The number of nitrogens with one attached hydrogen (secondary N) is 1. The number of carbonyl (C=O) groups excluding carboxylic acids is 2. The van der Waals surface area contributed by atoms with Crippen molar-refractivity contribution in [3.05, 3.63) is 100 Å². The summed E-state index contributed by atoms with van der Waals surface area (Å²) in [6.45, 7) is 10.1. The van der Waals surface area contributed by atoms with Crippen LogP contribution in [0.4, 0.5) is 0 Å². The molecule has 0 heterocycles. The second-order valence-corrected chi connectivity index (χ2v) is 11.5. The lowest BCUT2D eigenvalue weighted by atomic mass is 10.0. The molecule has 0 aliphatic heterocycles. The van der Waals surface area contributed by atoms with Gasteiger partial charge in [-0.15, -0.1) is 0 Å². The molecule has 0 saturated heterocycles. The molecule has 0 aliphatic rings. The SMILES string of the molecule is CC(C)c1ccccc1OCC(=O)N(Cc1ccc(Br)cc1)[C@@H](Cc1ccccc1)C(=O)NC(C)(C)C. The summed E-state index contributed by atoms with van der Waals surface area (Å²) in [6.07, 6.45) is 0.396. The average molecular weight is 566 g/mol. The van der Waals surface area contributed by atoms with E-state index in [1.165, 1.54) is 0 Å². The van der Waals surface area contributed by atoms with Gasteiger partial charge in [0, 0.05) is 23.0 Å². The molecule has 0 fully saturated rings. The summed E-state index contributed by atoms with van der Waals surface area (Å²) in [5.41, 5.74) is 2.52. The highest BCUT2D eigenvalue weighted by atomic mass is 79.9. The standard InChI is InChI=1S/C31H37BrN2O3/c1-22(2)26-13-9-10-14-28(26)37-21-29(35)34(20-24-15-17-25(32)18-16-24)27(30(36)33-31(3,4)5)19-23-11-7-6-8-12-23/h6-18,22,27H,19-21H2,1-5H3,(H,33,36)/t27-/m0/s1. The largest absolute Gasteiger partial charge is 0.483 e. The molecule has 196 valence electrons. The minimum absolute atomic E-state index is 0.158. The Labute approximate surface area is 229 Å². The normalized spacial score (nSPS) is 12.2. The van der Waals surface area contributed by atoms with Gasteiger partial charge in [-0.2, -0.15) is 0 Å². The maximum Gasteiger partial charge on any atom is 0.261 e. The third kappa shape index (κ3) is 8.74. The lowest BCUT2D eigenvalue weighted by Gasteiger charge is -2.34. The number of hydrogen-bond acceptors (Lipinski definition) is 3. The van der Waals surface area contributed by atoms with Crippen LogP contribution in [-0.4, -0.2) is 34.9 Å². The molecule has 3 aromatic carbocycles. The van der Waals surface area contributed by atoms with Crippen LogP contribution in [0.5, 0.6) is 5.75 Å². The maximum absolute atomic E-state index is 13.8. The molecule has 0 saturated carbocycles. The summed E-state index contributed by atoms with van der Waals surface area (Å²) < 4.78 is 7.00.